The minimum Gasteiger partial charge on any atom is -0.476 e. The van der Waals surface area contributed by atoms with Crippen LogP contribution < -0.4 is 0 Å². The third-order valence-corrected chi connectivity index (χ3v) is 2.83. The van der Waals surface area contributed by atoms with Crippen LogP contribution in [0.5, 0.6) is 0 Å². The molecule has 2 aromatic rings. The summed E-state index contributed by atoms with van der Waals surface area (Å²) in [4.78, 5) is 10.9. The minimum atomic E-state index is -1.00. The first-order chi connectivity index (χ1) is 8.61. The van der Waals surface area contributed by atoms with Gasteiger partial charge in [0, 0.05) is 5.69 Å². The largest absolute Gasteiger partial charge is 0.476 e. The van der Waals surface area contributed by atoms with E-state index < -0.39 is 5.97 Å². The van der Waals surface area contributed by atoms with Gasteiger partial charge in [-0.2, -0.15) is 5.10 Å². The highest BCUT2D eigenvalue weighted by Gasteiger charge is 2.11. The molecule has 0 saturated carbocycles. The highest BCUT2D eigenvalue weighted by atomic mass is 16.4. The number of carboxylic acids is 1. The first kappa shape index (κ1) is 12.4. The van der Waals surface area contributed by atoms with Gasteiger partial charge in [0.25, 0.3) is 0 Å². The Bertz CT molecular complexity index is 556. The van der Waals surface area contributed by atoms with Crippen LogP contribution in [0.2, 0.25) is 0 Å². The molecule has 0 atom stereocenters. The van der Waals surface area contributed by atoms with E-state index in [0.29, 0.717) is 0 Å². The van der Waals surface area contributed by atoms with Crippen LogP contribution >= 0.6 is 0 Å². The van der Waals surface area contributed by atoms with Gasteiger partial charge in [-0.05, 0) is 37.1 Å². The first-order valence-corrected chi connectivity index (χ1v) is 6.01. The molecule has 0 spiro atoms. The number of hydrogen-bond acceptors (Lipinski definition) is 2. The van der Waals surface area contributed by atoms with Crippen molar-refractivity contribution in [2.45, 2.75) is 26.7 Å². The second-order valence-electron chi connectivity index (χ2n) is 4.30. The highest BCUT2D eigenvalue weighted by molar-refractivity contribution is 5.85. The number of aromatic nitrogens is 2. The van der Waals surface area contributed by atoms with Crippen molar-refractivity contribution in [3.63, 3.8) is 0 Å². The Morgan fingerprint density at radius 2 is 2.00 bits per heavy atom. The molecular weight excluding hydrogens is 228 g/mol. The lowest BCUT2D eigenvalue weighted by molar-refractivity contribution is 0.0690. The molecule has 94 valence electrons. The average molecular weight is 244 g/mol. The van der Waals surface area contributed by atoms with E-state index in [1.807, 2.05) is 19.1 Å². The summed E-state index contributed by atoms with van der Waals surface area (Å²) in [5.74, 6) is -1.00. The smallest absolute Gasteiger partial charge is 0.356 e. The summed E-state index contributed by atoms with van der Waals surface area (Å²) >= 11 is 0. The summed E-state index contributed by atoms with van der Waals surface area (Å²) in [5.41, 5.74) is 3.06. The third-order valence-electron chi connectivity index (χ3n) is 2.83. The maximum absolute atomic E-state index is 10.9. The van der Waals surface area contributed by atoms with Crippen LogP contribution in [-0.2, 0) is 6.42 Å². The van der Waals surface area contributed by atoms with Crippen molar-refractivity contribution < 1.29 is 9.90 Å². The number of carboxylic acid groups (broad SMARTS) is 1. The molecule has 1 aromatic carbocycles. The molecule has 0 bridgehead atoms. The van der Waals surface area contributed by atoms with E-state index in [9.17, 15) is 4.79 Å². The van der Waals surface area contributed by atoms with Gasteiger partial charge in [-0.1, -0.05) is 25.5 Å². The standard InChI is InChI=1S/C14H16N2O2/c1-3-4-11-5-7-12(8-6-11)16-10(2)9-13(15-16)14(17)18/h5-9H,3-4H2,1-2H3,(H,17,18). The van der Waals surface area contributed by atoms with E-state index in [4.69, 9.17) is 5.11 Å². The third kappa shape index (κ3) is 2.42. The van der Waals surface area contributed by atoms with E-state index in [1.54, 1.807) is 10.7 Å². The van der Waals surface area contributed by atoms with Crippen molar-refractivity contribution >= 4 is 5.97 Å². The molecule has 1 aromatic heterocycles. The Balaban J connectivity index is 2.33. The molecular formula is C14H16N2O2. The lowest BCUT2D eigenvalue weighted by Crippen LogP contribution is -2.02. The molecule has 0 amide bonds. The molecule has 1 heterocycles. The summed E-state index contributed by atoms with van der Waals surface area (Å²) in [5, 5.41) is 13.0. The number of aryl methyl sites for hydroxylation is 2. The Labute approximate surface area is 106 Å². The molecule has 0 aliphatic carbocycles. The molecule has 2 rings (SSSR count). The fourth-order valence-electron chi connectivity index (χ4n) is 1.93. The summed E-state index contributed by atoms with van der Waals surface area (Å²) in [6, 6.07) is 9.62. The summed E-state index contributed by atoms with van der Waals surface area (Å²) in [7, 11) is 0. The van der Waals surface area contributed by atoms with E-state index >= 15 is 0 Å². The minimum absolute atomic E-state index is 0.0742. The monoisotopic (exact) mass is 244 g/mol. The van der Waals surface area contributed by atoms with Crippen molar-refractivity contribution in [3.05, 3.63) is 47.3 Å². The molecule has 0 aliphatic heterocycles. The quantitative estimate of drug-likeness (QED) is 0.899. The average Bonchev–Trinajstić information content (AvgIpc) is 2.73. The van der Waals surface area contributed by atoms with Crippen LogP contribution in [0, 0.1) is 6.92 Å². The summed E-state index contributed by atoms with van der Waals surface area (Å²) in [6.07, 6.45) is 2.17. The number of aromatic carboxylic acids is 1. The number of nitrogens with zero attached hydrogens (tertiary/aromatic N) is 2. The second-order valence-corrected chi connectivity index (χ2v) is 4.30. The van der Waals surface area contributed by atoms with Crippen LogP contribution in [0.4, 0.5) is 0 Å². The number of carbonyl (C=O) groups is 1. The van der Waals surface area contributed by atoms with Crippen LogP contribution in [0.1, 0.15) is 35.1 Å². The predicted octanol–water partition coefficient (Wildman–Crippen LogP) is 2.83. The SMILES string of the molecule is CCCc1ccc(-n2nc(C(=O)O)cc2C)cc1. The fraction of sp³-hybridized carbons (Fsp3) is 0.286. The Morgan fingerprint density at radius 1 is 1.33 bits per heavy atom. The molecule has 0 saturated heterocycles. The molecule has 0 unspecified atom stereocenters. The summed E-state index contributed by atoms with van der Waals surface area (Å²) < 4.78 is 1.65. The zero-order valence-corrected chi connectivity index (χ0v) is 10.6. The van der Waals surface area contributed by atoms with Gasteiger partial charge in [0.15, 0.2) is 5.69 Å². The van der Waals surface area contributed by atoms with E-state index in [0.717, 1.165) is 24.2 Å². The van der Waals surface area contributed by atoms with Crippen LogP contribution in [0.3, 0.4) is 0 Å². The van der Waals surface area contributed by atoms with Gasteiger partial charge in [0.1, 0.15) is 0 Å². The Kier molecular flexibility index (Phi) is 3.46. The van der Waals surface area contributed by atoms with Crippen molar-refractivity contribution in [1.29, 1.82) is 0 Å². The maximum atomic E-state index is 10.9. The van der Waals surface area contributed by atoms with E-state index in [-0.39, 0.29) is 5.69 Å². The molecule has 18 heavy (non-hydrogen) atoms. The predicted molar refractivity (Wildman–Crippen MR) is 69.3 cm³/mol. The maximum Gasteiger partial charge on any atom is 0.356 e. The molecule has 1 N–H and O–H groups in total. The van der Waals surface area contributed by atoms with E-state index in [2.05, 4.69) is 24.2 Å². The van der Waals surface area contributed by atoms with Crippen molar-refractivity contribution in [3.8, 4) is 5.69 Å². The van der Waals surface area contributed by atoms with Crippen molar-refractivity contribution in [1.82, 2.24) is 9.78 Å². The first-order valence-electron chi connectivity index (χ1n) is 6.01. The van der Waals surface area contributed by atoms with Crippen molar-refractivity contribution in [2.75, 3.05) is 0 Å². The van der Waals surface area contributed by atoms with Gasteiger partial charge < -0.3 is 5.11 Å². The lowest BCUT2D eigenvalue weighted by atomic mass is 10.1. The molecule has 0 fully saturated rings. The van der Waals surface area contributed by atoms with Gasteiger partial charge in [0.2, 0.25) is 0 Å². The number of benzene rings is 1. The van der Waals surface area contributed by atoms with Crippen LogP contribution in [-0.4, -0.2) is 20.9 Å². The molecule has 0 aliphatic rings. The number of hydrogen-bond donors (Lipinski definition) is 1. The Morgan fingerprint density at radius 3 is 2.50 bits per heavy atom. The van der Waals surface area contributed by atoms with Gasteiger partial charge in [-0.3, -0.25) is 0 Å². The molecule has 0 radical (unpaired) electrons. The highest BCUT2D eigenvalue weighted by Crippen LogP contribution is 2.14. The second kappa shape index (κ2) is 5.04. The zero-order chi connectivity index (χ0) is 13.1. The van der Waals surface area contributed by atoms with Crippen molar-refractivity contribution in [2.24, 2.45) is 0 Å². The van der Waals surface area contributed by atoms with Gasteiger partial charge in [-0.15, -0.1) is 0 Å². The normalized spacial score (nSPS) is 10.6. The summed E-state index contributed by atoms with van der Waals surface area (Å²) in [6.45, 7) is 3.99. The zero-order valence-electron chi connectivity index (χ0n) is 10.6. The van der Waals surface area contributed by atoms with Gasteiger partial charge in [0.05, 0.1) is 5.69 Å². The fourth-order valence-corrected chi connectivity index (χ4v) is 1.93. The molecule has 4 nitrogen and oxygen atoms in total. The van der Waals surface area contributed by atoms with Gasteiger partial charge >= 0.3 is 5.97 Å². The lowest BCUT2D eigenvalue weighted by Gasteiger charge is -2.05. The van der Waals surface area contributed by atoms with Gasteiger partial charge in [-0.25, -0.2) is 9.48 Å². The molecule has 4 heteroatoms. The van der Waals surface area contributed by atoms with E-state index in [1.165, 1.54) is 5.56 Å². The Hall–Kier alpha value is -2.10. The number of rotatable bonds is 4. The van der Waals surface area contributed by atoms with Crippen LogP contribution in [0.15, 0.2) is 30.3 Å². The van der Waals surface area contributed by atoms with Crippen LogP contribution in [0.25, 0.3) is 5.69 Å². The topological polar surface area (TPSA) is 55.1 Å².